The average Bonchev–Trinajstić information content (AvgIpc) is 2.29. The van der Waals surface area contributed by atoms with Crippen molar-refractivity contribution in [3.63, 3.8) is 0 Å². The predicted molar refractivity (Wildman–Crippen MR) is 52.9 cm³/mol. The molecule has 0 spiro atoms. The largest absolute Gasteiger partial charge is 0.370 e. The molecule has 2 heteroatoms. The average molecular weight is 196 g/mol. The van der Waals surface area contributed by atoms with Gasteiger partial charge in [0.15, 0.2) is 5.78 Å². The van der Waals surface area contributed by atoms with Crippen molar-refractivity contribution < 1.29 is 9.53 Å². The first-order valence-electron chi connectivity index (χ1n) is 5.80. The van der Waals surface area contributed by atoms with Crippen LogP contribution in [0.2, 0.25) is 0 Å². The molecule has 0 radical (unpaired) electrons. The second-order valence-electron chi connectivity index (χ2n) is 5.54. The number of hydrogen-bond acceptors (Lipinski definition) is 2. The van der Waals surface area contributed by atoms with Gasteiger partial charge < -0.3 is 4.74 Å². The molecule has 4 aliphatic carbocycles. The van der Waals surface area contributed by atoms with E-state index in [9.17, 15) is 4.79 Å². The number of carbonyl (C=O) groups is 1. The summed E-state index contributed by atoms with van der Waals surface area (Å²) < 4.78 is 5.59. The van der Waals surface area contributed by atoms with Crippen molar-refractivity contribution in [2.75, 3.05) is 7.11 Å². The van der Waals surface area contributed by atoms with Gasteiger partial charge in [0.05, 0.1) is 0 Å². The van der Waals surface area contributed by atoms with Crippen molar-refractivity contribution >= 4 is 5.78 Å². The van der Waals surface area contributed by atoms with Gasteiger partial charge in [-0.25, -0.2) is 0 Å². The number of rotatable bonds is 1. The van der Waals surface area contributed by atoms with E-state index in [4.69, 9.17) is 4.74 Å². The molecule has 0 aromatic carbocycles. The Morgan fingerprint density at radius 3 is 2.29 bits per heavy atom. The second-order valence-corrected chi connectivity index (χ2v) is 5.54. The van der Waals surface area contributed by atoms with Gasteiger partial charge in [0.2, 0.25) is 0 Å². The van der Waals surface area contributed by atoms with Gasteiger partial charge in [-0.2, -0.15) is 0 Å². The van der Waals surface area contributed by atoms with Gasteiger partial charge in [0.1, 0.15) is 5.60 Å². The normalized spacial score (nSPS) is 50.9. The fourth-order valence-electron chi connectivity index (χ4n) is 4.18. The number of ketones is 1. The van der Waals surface area contributed by atoms with Crippen molar-refractivity contribution in [2.24, 2.45) is 17.8 Å². The molecule has 4 saturated carbocycles. The Labute approximate surface area is 85.0 Å². The van der Waals surface area contributed by atoms with Gasteiger partial charge in [-0.15, -0.1) is 0 Å². The first kappa shape index (κ1) is 8.90. The molecule has 14 heavy (non-hydrogen) atoms. The Hall–Kier alpha value is -0.370. The summed E-state index contributed by atoms with van der Waals surface area (Å²) in [7, 11) is 1.73. The van der Waals surface area contributed by atoms with E-state index in [1.54, 1.807) is 7.11 Å². The standard InChI is InChI=1S/C12H18O2/c1-14-12-6-9-2-8(5-11(12)13)3-10(4-9)7-12/h8-10H,2-7H2,1H3/t8?,9-,10+,12?/i13+2. The maximum atomic E-state index is 12.1. The smallest absolute Gasteiger partial charge is 0.164 e. The van der Waals surface area contributed by atoms with E-state index in [2.05, 4.69) is 0 Å². The van der Waals surface area contributed by atoms with E-state index in [0.717, 1.165) is 31.1 Å². The summed E-state index contributed by atoms with van der Waals surface area (Å²) in [6.45, 7) is 0. The van der Waals surface area contributed by atoms with Gasteiger partial charge in [-0.1, -0.05) is 0 Å². The minimum atomic E-state index is -0.362. The van der Waals surface area contributed by atoms with Gasteiger partial charge in [0.25, 0.3) is 0 Å². The SMILES string of the molecule is COC12C[C@@H]3CC(CC1=[18O])C[C@@H](C3)C2. The third kappa shape index (κ3) is 1.10. The Kier molecular flexibility index (Phi) is 1.79. The van der Waals surface area contributed by atoms with Crippen LogP contribution in [0.25, 0.3) is 0 Å². The summed E-state index contributed by atoms with van der Waals surface area (Å²) in [6.07, 6.45) is 6.74. The molecule has 0 amide bonds. The zero-order valence-electron chi connectivity index (χ0n) is 8.79. The van der Waals surface area contributed by atoms with E-state index < -0.39 is 0 Å². The van der Waals surface area contributed by atoms with Crippen LogP contribution in [0.5, 0.6) is 0 Å². The molecule has 4 atom stereocenters. The van der Waals surface area contributed by atoms with Crippen LogP contribution in [0.4, 0.5) is 0 Å². The Balaban J connectivity index is 2.00. The van der Waals surface area contributed by atoms with Crippen molar-refractivity contribution in [1.29, 1.82) is 0 Å². The van der Waals surface area contributed by atoms with Gasteiger partial charge in [-0.3, -0.25) is 4.79 Å². The third-order valence-electron chi connectivity index (χ3n) is 4.61. The van der Waals surface area contributed by atoms with Crippen LogP contribution in [-0.2, 0) is 9.53 Å². The van der Waals surface area contributed by atoms with Crippen LogP contribution >= 0.6 is 0 Å². The summed E-state index contributed by atoms with van der Waals surface area (Å²) in [5.41, 5.74) is -0.362. The predicted octanol–water partition coefficient (Wildman–Crippen LogP) is 2.17. The minimum Gasteiger partial charge on any atom is -0.370 e. The van der Waals surface area contributed by atoms with E-state index in [-0.39, 0.29) is 5.60 Å². The molecule has 2 unspecified atom stereocenters. The summed E-state index contributed by atoms with van der Waals surface area (Å²) in [5, 5.41) is 0. The minimum absolute atomic E-state index is 0.362. The number of carbonyl (C=O) groups excluding carboxylic acids is 1. The lowest BCUT2D eigenvalue weighted by Gasteiger charge is -2.43. The van der Waals surface area contributed by atoms with Crippen molar-refractivity contribution in [2.45, 2.75) is 44.1 Å². The highest BCUT2D eigenvalue weighted by Crippen LogP contribution is 2.52. The van der Waals surface area contributed by atoms with Gasteiger partial charge >= 0.3 is 0 Å². The van der Waals surface area contributed by atoms with Crippen LogP contribution in [0, 0.1) is 17.8 Å². The highest BCUT2D eigenvalue weighted by atomic mass is 18.1. The van der Waals surface area contributed by atoms with E-state index in [1.807, 2.05) is 0 Å². The zero-order chi connectivity index (χ0) is 9.76. The molecule has 4 bridgehead atoms. The van der Waals surface area contributed by atoms with E-state index in [0.29, 0.717) is 11.7 Å². The number of hydrogen-bond donors (Lipinski definition) is 0. The third-order valence-corrected chi connectivity index (χ3v) is 4.61. The molecular weight excluding hydrogens is 178 g/mol. The fraction of sp³-hybridized carbons (Fsp3) is 0.917. The first-order chi connectivity index (χ1) is 6.72. The van der Waals surface area contributed by atoms with Crippen LogP contribution in [0.15, 0.2) is 0 Å². The molecule has 2 nitrogen and oxygen atoms in total. The molecule has 4 rings (SSSR count). The first-order valence-corrected chi connectivity index (χ1v) is 5.80. The Bertz CT molecular complexity index is 257. The zero-order valence-corrected chi connectivity index (χ0v) is 8.79. The molecule has 0 aromatic heterocycles. The van der Waals surface area contributed by atoms with Crippen molar-refractivity contribution in [1.82, 2.24) is 0 Å². The monoisotopic (exact) mass is 196 g/mol. The number of ether oxygens (including phenoxy) is 1. The summed E-state index contributed by atoms with van der Waals surface area (Å²) in [4.78, 5) is 12.1. The maximum absolute atomic E-state index is 12.1. The van der Waals surface area contributed by atoms with E-state index >= 15 is 0 Å². The van der Waals surface area contributed by atoms with E-state index in [1.165, 1.54) is 19.3 Å². The topological polar surface area (TPSA) is 26.3 Å². The Morgan fingerprint density at radius 1 is 1.14 bits per heavy atom. The number of methoxy groups -OCH3 is 1. The summed E-state index contributed by atoms with van der Waals surface area (Å²) >= 11 is 0. The fourth-order valence-corrected chi connectivity index (χ4v) is 4.18. The number of Topliss-reactive ketones (excluding diaryl/α,β-unsaturated/α-hetero) is 1. The van der Waals surface area contributed by atoms with Crippen LogP contribution < -0.4 is 0 Å². The molecule has 4 fully saturated rings. The van der Waals surface area contributed by atoms with Crippen LogP contribution in [-0.4, -0.2) is 18.5 Å². The lowest BCUT2D eigenvalue weighted by Crippen LogP contribution is -2.45. The lowest BCUT2D eigenvalue weighted by molar-refractivity contribution is -0.147. The lowest BCUT2D eigenvalue weighted by atomic mass is 9.66. The highest BCUT2D eigenvalue weighted by molar-refractivity contribution is 5.88. The molecular formula is C12H18O2. The Morgan fingerprint density at radius 2 is 1.71 bits per heavy atom. The highest BCUT2D eigenvalue weighted by Gasteiger charge is 2.52. The molecule has 0 aliphatic heterocycles. The molecule has 78 valence electrons. The van der Waals surface area contributed by atoms with Crippen LogP contribution in [0.1, 0.15) is 38.5 Å². The quantitative estimate of drug-likeness (QED) is 0.601. The van der Waals surface area contributed by atoms with Gasteiger partial charge in [-0.05, 0) is 49.9 Å². The molecule has 0 aromatic rings. The van der Waals surface area contributed by atoms with Gasteiger partial charge in [0, 0.05) is 13.5 Å². The summed E-state index contributed by atoms with van der Waals surface area (Å²) in [5.74, 6) is 2.64. The van der Waals surface area contributed by atoms with Crippen molar-refractivity contribution in [3.8, 4) is 0 Å². The van der Waals surface area contributed by atoms with Crippen molar-refractivity contribution in [3.05, 3.63) is 0 Å². The second kappa shape index (κ2) is 2.82. The molecule has 0 heterocycles. The molecule has 4 aliphatic rings. The molecule has 0 N–H and O–H groups in total. The molecule has 0 saturated heterocycles. The summed E-state index contributed by atoms with van der Waals surface area (Å²) in [6, 6.07) is 0. The number of fused-ring (bicyclic) bond motifs is 1. The maximum Gasteiger partial charge on any atom is 0.164 e. The van der Waals surface area contributed by atoms with Crippen LogP contribution in [0.3, 0.4) is 0 Å².